The van der Waals surface area contributed by atoms with Crippen LogP contribution in [0.3, 0.4) is 0 Å². The molecule has 0 aromatic heterocycles. The van der Waals surface area contributed by atoms with Crippen LogP contribution in [0, 0.1) is 11.3 Å². The van der Waals surface area contributed by atoms with Crippen molar-refractivity contribution in [3.05, 3.63) is 35.4 Å². The van der Waals surface area contributed by atoms with Crippen LogP contribution in [0.4, 0.5) is 0 Å². The van der Waals surface area contributed by atoms with Crippen molar-refractivity contribution in [1.82, 2.24) is 0 Å². The summed E-state index contributed by atoms with van der Waals surface area (Å²) in [5.74, 6) is 0. The average molecular weight is 226 g/mol. The van der Waals surface area contributed by atoms with Crippen molar-refractivity contribution >= 4 is 7.60 Å². The van der Waals surface area contributed by atoms with Crippen molar-refractivity contribution in [2.45, 2.75) is 6.04 Å². The first-order chi connectivity index (χ1) is 6.92. The molecule has 15 heavy (non-hydrogen) atoms. The van der Waals surface area contributed by atoms with Gasteiger partial charge in [-0.3, -0.25) is 4.57 Å². The lowest BCUT2D eigenvalue weighted by Gasteiger charge is -2.12. The monoisotopic (exact) mass is 226 g/mol. The molecule has 1 unspecified atom stereocenters. The van der Waals surface area contributed by atoms with Gasteiger partial charge in [0.25, 0.3) is 0 Å². The summed E-state index contributed by atoms with van der Waals surface area (Å²) in [6.45, 7) is 0. The zero-order chi connectivity index (χ0) is 11.5. The minimum absolute atomic E-state index is 0.390. The van der Waals surface area contributed by atoms with Crippen LogP contribution >= 0.6 is 7.60 Å². The van der Waals surface area contributed by atoms with Crippen molar-refractivity contribution in [3.63, 3.8) is 0 Å². The quantitative estimate of drug-likeness (QED) is 0.658. The van der Waals surface area contributed by atoms with Gasteiger partial charge in [0, 0.05) is 6.04 Å². The summed E-state index contributed by atoms with van der Waals surface area (Å²) in [6.07, 6.45) is -0.390. The minimum Gasteiger partial charge on any atom is -0.324 e. The van der Waals surface area contributed by atoms with Crippen molar-refractivity contribution < 1.29 is 14.4 Å². The van der Waals surface area contributed by atoms with E-state index in [0.29, 0.717) is 11.1 Å². The molecule has 0 spiro atoms. The average Bonchev–Trinajstić information content (AvgIpc) is 2.15. The Morgan fingerprint density at radius 3 is 2.33 bits per heavy atom. The van der Waals surface area contributed by atoms with Crippen molar-refractivity contribution in [1.29, 1.82) is 5.26 Å². The largest absolute Gasteiger partial charge is 0.327 e. The fourth-order valence-corrected chi connectivity index (χ4v) is 1.89. The van der Waals surface area contributed by atoms with Crippen molar-refractivity contribution in [3.8, 4) is 6.07 Å². The second kappa shape index (κ2) is 4.56. The molecule has 0 amide bonds. The van der Waals surface area contributed by atoms with Gasteiger partial charge in [-0.05, 0) is 17.7 Å². The van der Waals surface area contributed by atoms with Crippen LogP contribution in [0.2, 0.25) is 0 Å². The standard InChI is InChI=1S/C9H11N2O3P/c10-5-7-1-3-8(4-2-7)9(11)6-15(12,13)14/h1-4,9H,6,11H2,(H2,12,13,14). The highest BCUT2D eigenvalue weighted by atomic mass is 31.2. The Bertz CT molecular complexity index is 418. The summed E-state index contributed by atoms with van der Waals surface area (Å²) in [5, 5.41) is 8.55. The predicted octanol–water partition coefficient (Wildman–Crippen LogP) is 0.736. The maximum atomic E-state index is 10.7. The van der Waals surface area contributed by atoms with E-state index in [1.54, 1.807) is 24.3 Å². The Kier molecular flexibility index (Phi) is 3.61. The van der Waals surface area contributed by atoms with Gasteiger partial charge in [-0.2, -0.15) is 5.26 Å². The van der Waals surface area contributed by atoms with Crippen LogP contribution in [-0.2, 0) is 4.57 Å². The molecule has 1 aromatic rings. The molecule has 0 saturated heterocycles. The van der Waals surface area contributed by atoms with Gasteiger partial charge in [0.05, 0.1) is 17.8 Å². The summed E-state index contributed by atoms with van der Waals surface area (Å²) in [4.78, 5) is 17.5. The van der Waals surface area contributed by atoms with Crippen LogP contribution < -0.4 is 5.73 Å². The number of nitrogens with zero attached hydrogens (tertiary/aromatic N) is 1. The summed E-state index contributed by atoms with van der Waals surface area (Å²) in [5.41, 5.74) is 6.69. The van der Waals surface area contributed by atoms with Gasteiger partial charge in [-0.1, -0.05) is 12.1 Å². The Morgan fingerprint density at radius 1 is 1.40 bits per heavy atom. The zero-order valence-electron chi connectivity index (χ0n) is 7.87. The van der Waals surface area contributed by atoms with Crippen LogP contribution in [-0.4, -0.2) is 15.9 Å². The molecule has 1 aromatic carbocycles. The summed E-state index contributed by atoms with van der Waals surface area (Å²) < 4.78 is 10.7. The normalized spacial score (nSPS) is 13.2. The predicted molar refractivity (Wildman–Crippen MR) is 55.0 cm³/mol. The number of rotatable bonds is 3. The Balaban J connectivity index is 2.80. The molecule has 0 radical (unpaired) electrons. The lowest BCUT2D eigenvalue weighted by Crippen LogP contribution is -2.14. The van der Waals surface area contributed by atoms with E-state index >= 15 is 0 Å². The minimum atomic E-state index is -4.10. The molecule has 1 rings (SSSR count). The molecule has 0 bridgehead atoms. The molecule has 0 fully saturated rings. The van der Waals surface area contributed by atoms with E-state index in [-0.39, 0.29) is 6.16 Å². The third kappa shape index (κ3) is 3.82. The van der Waals surface area contributed by atoms with E-state index in [2.05, 4.69) is 0 Å². The van der Waals surface area contributed by atoms with E-state index in [1.807, 2.05) is 6.07 Å². The molecule has 80 valence electrons. The first-order valence-corrected chi connectivity index (χ1v) is 6.02. The molecule has 0 heterocycles. The highest BCUT2D eigenvalue weighted by Gasteiger charge is 2.19. The Hall–Kier alpha value is -1.18. The van der Waals surface area contributed by atoms with Crippen LogP contribution in [0.5, 0.6) is 0 Å². The molecular formula is C9H11N2O3P. The SMILES string of the molecule is N#Cc1ccc(C(N)CP(=O)(O)O)cc1. The smallest absolute Gasteiger partial charge is 0.324 e. The summed E-state index contributed by atoms with van der Waals surface area (Å²) in [6, 6.07) is 7.56. The highest BCUT2D eigenvalue weighted by Crippen LogP contribution is 2.38. The van der Waals surface area contributed by atoms with E-state index in [9.17, 15) is 4.57 Å². The number of nitriles is 1. The van der Waals surface area contributed by atoms with E-state index in [0.717, 1.165) is 0 Å². The summed E-state index contributed by atoms with van der Waals surface area (Å²) >= 11 is 0. The van der Waals surface area contributed by atoms with Gasteiger partial charge in [0.2, 0.25) is 0 Å². The maximum absolute atomic E-state index is 10.7. The number of hydrogen-bond donors (Lipinski definition) is 3. The first kappa shape index (κ1) is 11.9. The molecule has 0 saturated carbocycles. The van der Waals surface area contributed by atoms with Gasteiger partial charge in [-0.25, -0.2) is 0 Å². The second-order valence-electron chi connectivity index (χ2n) is 3.19. The van der Waals surface area contributed by atoms with Crippen LogP contribution in [0.15, 0.2) is 24.3 Å². The molecule has 1 atom stereocenters. The molecule has 5 nitrogen and oxygen atoms in total. The lowest BCUT2D eigenvalue weighted by atomic mass is 10.1. The van der Waals surface area contributed by atoms with Crippen LogP contribution in [0.1, 0.15) is 17.2 Å². The molecule has 6 heteroatoms. The Morgan fingerprint density at radius 2 is 1.93 bits per heavy atom. The molecule has 0 aliphatic carbocycles. The van der Waals surface area contributed by atoms with Gasteiger partial charge >= 0.3 is 7.60 Å². The second-order valence-corrected chi connectivity index (χ2v) is 4.88. The maximum Gasteiger partial charge on any atom is 0.327 e. The number of nitrogens with two attached hydrogens (primary N) is 1. The molecule has 4 N–H and O–H groups in total. The zero-order valence-corrected chi connectivity index (χ0v) is 8.76. The number of hydrogen-bond acceptors (Lipinski definition) is 3. The first-order valence-electron chi connectivity index (χ1n) is 4.22. The molecular weight excluding hydrogens is 215 g/mol. The third-order valence-corrected chi connectivity index (χ3v) is 2.77. The fourth-order valence-electron chi connectivity index (χ4n) is 1.17. The van der Waals surface area contributed by atoms with Gasteiger partial charge in [0.1, 0.15) is 0 Å². The van der Waals surface area contributed by atoms with E-state index in [4.69, 9.17) is 20.8 Å². The highest BCUT2D eigenvalue weighted by molar-refractivity contribution is 7.51. The van der Waals surface area contributed by atoms with E-state index in [1.165, 1.54) is 0 Å². The topological polar surface area (TPSA) is 107 Å². The van der Waals surface area contributed by atoms with Crippen LogP contribution in [0.25, 0.3) is 0 Å². The van der Waals surface area contributed by atoms with E-state index < -0.39 is 13.6 Å². The number of benzene rings is 1. The molecule has 0 aliphatic rings. The van der Waals surface area contributed by atoms with Crippen molar-refractivity contribution in [2.24, 2.45) is 5.73 Å². The fraction of sp³-hybridized carbons (Fsp3) is 0.222. The van der Waals surface area contributed by atoms with Gasteiger partial charge < -0.3 is 15.5 Å². The summed E-state index contributed by atoms with van der Waals surface area (Å²) in [7, 11) is -4.10. The van der Waals surface area contributed by atoms with Crippen molar-refractivity contribution in [2.75, 3.05) is 6.16 Å². The third-order valence-electron chi connectivity index (χ3n) is 1.90. The lowest BCUT2D eigenvalue weighted by molar-refractivity contribution is 0.369. The molecule has 0 aliphatic heterocycles. The van der Waals surface area contributed by atoms with Gasteiger partial charge in [0.15, 0.2) is 0 Å². The Labute approximate surface area is 87.3 Å². The van der Waals surface area contributed by atoms with Gasteiger partial charge in [-0.15, -0.1) is 0 Å².